The first-order chi connectivity index (χ1) is 14.1. The minimum atomic E-state index is 0.783. The molecular weight excluding hydrogens is 360 g/mol. The third-order valence-corrected chi connectivity index (χ3v) is 4.27. The number of hydrogen-bond acceptors (Lipinski definition) is 3. The minimum Gasteiger partial charge on any atom is -0.496 e. The Morgan fingerprint density at radius 3 is 2.10 bits per heavy atom. The van der Waals surface area contributed by atoms with Crippen LogP contribution >= 0.6 is 0 Å². The first-order valence-corrected chi connectivity index (χ1v) is 9.44. The summed E-state index contributed by atoms with van der Waals surface area (Å²) in [5.41, 5.74) is 4.06. The van der Waals surface area contributed by atoms with Crippen LogP contribution in [-0.4, -0.2) is 27.5 Å². The molecule has 0 saturated heterocycles. The predicted molar refractivity (Wildman–Crippen MR) is 122 cm³/mol. The van der Waals surface area contributed by atoms with Crippen molar-refractivity contribution in [3.05, 3.63) is 83.2 Å². The zero-order valence-corrected chi connectivity index (χ0v) is 17.8. The Morgan fingerprint density at radius 2 is 1.55 bits per heavy atom. The lowest BCUT2D eigenvalue weighted by Crippen LogP contribution is -2.25. The van der Waals surface area contributed by atoms with Gasteiger partial charge in [0.15, 0.2) is 12.4 Å². The Hall–Kier alpha value is -3.40. The van der Waals surface area contributed by atoms with Gasteiger partial charge in [-0.25, -0.2) is 4.57 Å². The molecule has 0 radical (unpaired) electrons. The fourth-order valence-electron chi connectivity index (χ4n) is 2.72. The highest BCUT2D eigenvalue weighted by molar-refractivity contribution is 5.77. The van der Waals surface area contributed by atoms with Crippen molar-refractivity contribution in [2.24, 2.45) is 12.0 Å². The van der Waals surface area contributed by atoms with Crippen LogP contribution in [0.25, 0.3) is 18.2 Å². The SMILES string of the molecule is C\C=C/C(/C=C/c1cc(OC)c(/C=C/c2cc[n+](C)cc2)cc1OC)=C\C=N\C. The quantitative estimate of drug-likeness (QED) is 0.365. The monoisotopic (exact) mass is 389 g/mol. The second-order valence-electron chi connectivity index (χ2n) is 6.37. The highest BCUT2D eigenvalue weighted by atomic mass is 16.5. The minimum absolute atomic E-state index is 0.783. The first kappa shape index (κ1) is 21.9. The molecule has 0 fully saturated rings. The number of hydrogen-bond donors (Lipinski definition) is 0. The van der Waals surface area contributed by atoms with E-state index in [4.69, 9.17) is 9.47 Å². The van der Waals surface area contributed by atoms with E-state index in [0.717, 1.165) is 33.8 Å². The van der Waals surface area contributed by atoms with Gasteiger partial charge < -0.3 is 9.47 Å². The lowest BCUT2D eigenvalue weighted by molar-refractivity contribution is -0.671. The van der Waals surface area contributed by atoms with Gasteiger partial charge in [-0.05, 0) is 36.3 Å². The Morgan fingerprint density at radius 1 is 0.931 bits per heavy atom. The first-order valence-electron chi connectivity index (χ1n) is 9.44. The summed E-state index contributed by atoms with van der Waals surface area (Å²) in [6, 6.07) is 8.10. The molecule has 0 bridgehead atoms. The van der Waals surface area contributed by atoms with Crippen LogP contribution in [0, 0.1) is 0 Å². The maximum absolute atomic E-state index is 5.62. The molecule has 0 aliphatic carbocycles. The average molecular weight is 390 g/mol. The van der Waals surface area contributed by atoms with E-state index in [1.807, 2.05) is 79.5 Å². The van der Waals surface area contributed by atoms with Gasteiger partial charge in [0, 0.05) is 36.5 Å². The summed E-state index contributed by atoms with van der Waals surface area (Å²) in [5.74, 6) is 1.57. The summed E-state index contributed by atoms with van der Waals surface area (Å²) >= 11 is 0. The van der Waals surface area contributed by atoms with Gasteiger partial charge in [-0.2, -0.15) is 0 Å². The van der Waals surface area contributed by atoms with Gasteiger partial charge in [0.25, 0.3) is 0 Å². The molecule has 0 saturated carbocycles. The van der Waals surface area contributed by atoms with Crippen molar-refractivity contribution in [2.75, 3.05) is 21.3 Å². The van der Waals surface area contributed by atoms with Crippen molar-refractivity contribution in [2.45, 2.75) is 6.92 Å². The Balaban J connectivity index is 2.38. The zero-order valence-electron chi connectivity index (χ0n) is 17.8. The molecule has 0 unspecified atom stereocenters. The number of rotatable bonds is 8. The summed E-state index contributed by atoms with van der Waals surface area (Å²) in [4.78, 5) is 4.01. The fourth-order valence-corrected chi connectivity index (χ4v) is 2.72. The fraction of sp³-hybridized carbons (Fsp3) is 0.200. The van der Waals surface area contributed by atoms with Crippen LogP contribution in [-0.2, 0) is 7.05 Å². The predicted octanol–water partition coefficient (Wildman–Crippen LogP) is 4.92. The van der Waals surface area contributed by atoms with Crippen LogP contribution in [0.15, 0.2) is 71.5 Å². The van der Waals surface area contributed by atoms with Gasteiger partial charge in [-0.15, -0.1) is 0 Å². The van der Waals surface area contributed by atoms with E-state index >= 15 is 0 Å². The Labute approximate surface area is 173 Å². The molecule has 0 amide bonds. The van der Waals surface area contributed by atoms with Crippen molar-refractivity contribution in [3.63, 3.8) is 0 Å². The number of ether oxygens (including phenoxy) is 2. The van der Waals surface area contributed by atoms with Gasteiger partial charge >= 0.3 is 0 Å². The van der Waals surface area contributed by atoms with Gasteiger partial charge in [-0.3, -0.25) is 4.99 Å². The highest BCUT2D eigenvalue weighted by Gasteiger charge is 2.08. The molecule has 0 spiro atoms. The molecule has 0 aliphatic heterocycles. The van der Waals surface area contributed by atoms with Crippen LogP contribution < -0.4 is 14.0 Å². The van der Waals surface area contributed by atoms with Gasteiger partial charge in [0.1, 0.15) is 18.5 Å². The molecule has 1 heterocycles. The summed E-state index contributed by atoms with van der Waals surface area (Å²) in [6.07, 6.45) is 19.9. The number of aryl methyl sites for hydroxylation is 1. The molecule has 1 aromatic heterocycles. The smallest absolute Gasteiger partial charge is 0.169 e. The largest absolute Gasteiger partial charge is 0.496 e. The van der Waals surface area contributed by atoms with Crippen LogP contribution in [0.3, 0.4) is 0 Å². The van der Waals surface area contributed by atoms with Crippen LogP contribution in [0.1, 0.15) is 23.6 Å². The van der Waals surface area contributed by atoms with E-state index in [-0.39, 0.29) is 0 Å². The zero-order chi connectivity index (χ0) is 21.1. The van der Waals surface area contributed by atoms with Crippen molar-refractivity contribution < 1.29 is 14.0 Å². The standard InChI is InChI=1S/C25H29N2O2/c1-6-7-20(12-15-26-2)8-10-22-18-25(29-5)23(19-24(22)28-4)11-9-21-13-16-27(3)17-14-21/h6-19H,1-5H3/q+1/b7-6-,10-8+,11-9+,20-12+,26-15+. The van der Waals surface area contributed by atoms with Crippen molar-refractivity contribution in [1.29, 1.82) is 0 Å². The summed E-state index contributed by atoms with van der Waals surface area (Å²) in [5, 5.41) is 0. The van der Waals surface area contributed by atoms with Crippen molar-refractivity contribution in [3.8, 4) is 11.5 Å². The Kier molecular flexibility index (Phi) is 8.64. The van der Waals surface area contributed by atoms with Gasteiger partial charge in [0.2, 0.25) is 0 Å². The lowest BCUT2D eigenvalue weighted by Gasteiger charge is -2.11. The second kappa shape index (κ2) is 11.4. The number of aliphatic imine (C=N–C) groups is 1. The second-order valence-corrected chi connectivity index (χ2v) is 6.37. The van der Waals surface area contributed by atoms with Crippen LogP contribution in [0.5, 0.6) is 11.5 Å². The lowest BCUT2D eigenvalue weighted by atomic mass is 10.1. The molecule has 4 heteroatoms. The van der Waals surface area contributed by atoms with E-state index < -0.39 is 0 Å². The van der Waals surface area contributed by atoms with Gasteiger partial charge in [-0.1, -0.05) is 36.5 Å². The molecular formula is C25H29N2O2+. The summed E-state index contributed by atoms with van der Waals surface area (Å²) in [7, 11) is 7.11. The molecule has 2 aromatic rings. The molecule has 29 heavy (non-hydrogen) atoms. The number of methoxy groups -OCH3 is 2. The van der Waals surface area contributed by atoms with Crippen molar-refractivity contribution in [1.82, 2.24) is 0 Å². The third kappa shape index (κ3) is 6.61. The number of pyridine rings is 1. The van der Waals surface area contributed by atoms with Crippen LogP contribution in [0.4, 0.5) is 0 Å². The number of aromatic nitrogens is 1. The summed E-state index contributed by atoms with van der Waals surface area (Å²) in [6.45, 7) is 1.99. The highest BCUT2D eigenvalue weighted by Crippen LogP contribution is 2.31. The van der Waals surface area contributed by atoms with E-state index in [2.05, 4.69) is 23.2 Å². The van der Waals surface area contributed by atoms with Gasteiger partial charge in [0.05, 0.1) is 14.2 Å². The topological polar surface area (TPSA) is 34.7 Å². The Bertz CT molecular complexity index is 950. The van der Waals surface area contributed by atoms with E-state index in [1.54, 1.807) is 27.5 Å². The molecule has 2 rings (SSSR count). The van der Waals surface area contributed by atoms with Crippen LogP contribution in [0.2, 0.25) is 0 Å². The molecule has 0 N–H and O–H groups in total. The van der Waals surface area contributed by atoms with E-state index in [0.29, 0.717) is 0 Å². The molecule has 1 aromatic carbocycles. The molecule has 0 atom stereocenters. The van der Waals surface area contributed by atoms with E-state index in [9.17, 15) is 0 Å². The normalized spacial score (nSPS) is 12.7. The summed E-state index contributed by atoms with van der Waals surface area (Å²) < 4.78 is 13.2. The number of nitrogens with zero attached hydrogens (tertiary/aromatic N) is 2. The number of allylic oxidation sites excluding steroid dienone is 5. The van der Waals surface area contributed by atoms with E-state index in [1.165, 1.54) is 0 Å². The average Bonchev–Trinajstić information content (AvgIpc) is 2.75. The molecule has 0 aliphatic rings. The molecule has 150 valence electrons. The molecule has 4 nitrogen and oxygen atoms in total. The third-order valence-electron chi connectivity index (χ3n) is 4.27. The van der Waals surface area contributed by atoms with Crippen molar-refractivity contribution >= 4 is 24.4 Å². The maximum Gasteiger partial charge on any atom is 0.169 e. The maximum atomic E-state index is 5.62. The number of benzene rings is 1.